The van der Waals surface area contributed by atoms with Gasteiger partial charge in [0.1, 0.15) is 0 Å². The van der Waals surface area contributed by atoms with Gasteiger partial charge in [-0.25, -0.2) is 0 Å². The number of piperidine rings is 3. The van der Waals surface area contributed by atoms with Crippen LogP contribution in [0.4, 0.5) is 0 Å². The Labute approximate surface area is 466 Å². The molecule has 6 heterocycles. The molecule has 0 aromatic rings. The molecule has 6 aliphatic rings. The normalized spacial score (nSPS) is 21.6. The van der Waals surface area contributed by atoms with Crippen LogP contribution in [0.1, 0.15) is 141 Å². The van der Waals surface area contributed by atoms with Crippen molar-refractivity contribution in [3.05, 3.63) is 73.7 Å². The maximum atomic E-state index is 4.16. The number of rotatable bonds is 18. The van der Waals surface area contributed by atoms with Gasteiger partial charge in [0.15, 0.2) is 0 Å². The van der Waals surface area contributed by atoms with E-state index in [2.05, 4.69) is 226 Å². The van der Waals surface area contributed by atoms with Crippen molar-refractivity contribution in [1.82, 2.24) is 61.3 Å². The highest BCUT2D eigenvalue weighted by Gasteiger charge is 2.26. The number of hydrogen-bond acceptors (Lipinski definition) is 12. The van der Waals surface area contributed by atoms with Crippen LogP contribution in [0.3, 0.4) is 0 Å². The molecule has 75 heavy (non-hydrogen) atoms. The molecule has 6 N–H and O–H groups in total. The minimum absolute atomic E-state index is 0.551. The summed E-state index contributed by atoms with van der Waals surface area (Å²) in [5.41, 5.74) is 7.41. The summed E-state index contributed by atoms with van der Waals surface area (Å²) in [5.74, 6) is 3.38. The van der Waals surface area contributed by atoms with Crippen LogP contribution in [0.15, 0.2) is 73.7 Å². The van der Waals surface area contributed by atoms with Crippen LogP contribution >= 0.6 is 0 Å². The predicted molar refractivity (Wildman–Crippen MR) is 332 cm³/mol. The average molecular weight is 1050 g/mol. The Morgan fingerprint density at radius 2 is 0.680 bits per heavy atom. The van der Waals surface area contributed by atoms with E-state index in [9.17, 15) is 0 Å². The molecule has 0 aliphatic carbocycles. The van der Waals surface area contributed by atoms with Crippen LogP contribution in [0, 0.1) is 35.5 Å². The van der Waals surface area contributed by atoms with E-state index < -0.39 is 0 Å². The second kappa shape index (κ2) is 37.7. The van der Waals surface area contributed by atoms with E-state index in [1.807, 2.05) is 0 Å². The van der Waals surface area contributed by atoms with Gasteiger partial charge in [0.05, 0.1) is 0 Å². The number of nitrogens with one attached hydrogen (secondary N) is 6. The van der Waals surface area contributed by atoms with Crippen molar-refractivity contribution >= 4 is 0 Å². The number of nitrogens with zero attached hydrogens (tertiary/aromatic N) is 6. The third-order valence-electron chi connectivity index (χ3n) is 16.6. The van der Waals surface area contributed by atoms with Gasteiger partial charge in [-0.3, -0.25) is 0 Å². The monoisotopic (exact) mass is 1050 g/mol. The first-order valence-corrected chi connectivity index (χ1v) is 30.0. The molecule has 0 spiro atoms. The SMILES string of the molecule is C=C(C(C)C)N(C)C1CCN(C)C1.C=C(C(C)C)N(C)C1CCN(C)CC1.C=C(C(C)C)N(C)C1CCNC1.C=C(C(C)C)N(C)C1CCNCC1.C=C(NC1CCNC1)C(C)C.C=C(NC1CCNCC1)C(C)C. The average Bonchev–Trinajstić information content (AvgIpc) is 4.21. The summed E-state index contributed by atoms with van der Waals surface area (Å²) in [5, 5.41) is 20.3. The van der Waals surface area contributed by atoms with E-state index in [0.29, 0.717) is 71.8 Å². The molecule has 438 valence electrons. The quantitative estimate of drug-likeness (QED) is 0.0791. The van der Waals surface area contributed by atoms with E-state index in [-0.39, 0.29) is 0 Å². The van der Waals surface area contributed by atoms with E-state index in [4.69, 9.17) is 0 Å². The largest absolute Gasteiger partial charge is 0.386 e. The number of hydrogen-bond donors (Lipinski definition) is 6. The fourth-order valence-electron chi connectivity index (χ4n) is 9.94. The topological polar surface area (TPSA) is 91.6 Å². The number of likely N-dealkylation sites (tertiary alicyclic amines) is 2. The van der Waals surface area contributed by atoms with Crippen LogP contribution in [0.5, 0.6) is 0 Å². The van der Waals surface area contributed by atoms with Crippen molar-refractivity contribution < 1.29 is 0 Å². The van der Waals surface area contributed by atoms with E-state index in [1.54, 1.807) is 0 Å². The lowest BCUT2D eigenvalue weighted by Gasteiger charge is -2.38. The third-order valence-corrected chi connectivity index (χ3v) is 16.6. The van der Waals surface area contributed by atoms with Crippen LogP contribution < -0.4 is 31.9 Å². The second-order valence-electron chi connectivity index (χ2n) is 24.8. The highest BCUT2D eigenvalue weighted by molar-refractivity contribution is 5.03. The molecule has 0 bridgehead atoms. The van der Waals surface area contributed by atoms with Crippen LogP contribution in [-0.4, -0.2) is 186 Å². The predicted octanol–water partition coefficient (Wildman–Crippen LogP) is 9.87. The molecule has 6 aliphatic heterocycles. The van der Waals surface area contributed by atoms with Gasteiger partial charge in [-0.2, -0.15) is 0 Å². The molecule has 3 unspecified atom stereocenters. The van der Waals surface area contributed by atoms with Crippen molar-refractivity contribution in [2.45, 2.75) is 177 Å². The highest BCUT2D eigenvalue weighted by Crippen LogP contribution is 2.23. The van der Waals surface area contributed by atoms with Gasteiger partial charge in [0.2, 0.25) is 0 Å². The van der Waals surface area contributed by atoms with Crippen molar-refractivity contribution in [2.24, 2.45) is 35.5 Å². The smallest absolute Gasteiger partial charge is 0.0422 e. The molecule has 0 amide bonds. The molecule has 6 fully saturated rings. The van der Waals surface area contributed by atoms with E-state index >= 15 is 0 Å². The van der Waals surface area contributed by atoms with Crippen LogP contribution in [0.25, 0.3) is 0 Å². The summed E-state index contributed by atoms with van der Waals surface area (Å²) >= 11 is 0. The summed E-state index contributed by atoms with van der Waals surface area (Å²) in [6.45, 7) is 64.8. The van der Waals surface area contributed by atoms with Gasteiger partial charge in [-0.1, -0.05) is 123 Å². The molecule has 0 aromatic carbocycles. The molecule has 12 heteroatoms. The molecule has 0 radical (unpaired) electrons. The fraction of sp³-hybridized carbons (Fsp3) is 0.810. The maximum absolute atomic E-state index is 4.16. The van der Waals surface area contributed by atoms with E-state index in [0.717, 1.165) is 52.4 Å². The van der Waals surface area contributed by atoms with Gasteiger partial charge in [-0.05, 0) is 166 Å². The third kappa shape index (κ3) is 27.9. The molecule has 6 saturated heterocycles. The van der Waals surface area contributed by atoms with Gasteiger partial charge >= 0.3 is 0 Å². The zero-order valence-corrected chi connectivity index (χ0v) is 52.7. The molecule has 6 rings (SSSR count). The van der Waals surface area contributed by atoms with Crippen LogP contribution in [0.2, 0.25) is 0 Å². The van der Waals surface area contributed by atoms with Gasteiger partial charge in [0.25, 0.3) is 0 Å². The Balaban J connectivity index is 0.000000451. The Morgan fingerprint density at radius 3 is 1.04 bits per heavy atom. The minimum atomic E-state index is 0.551. The van der Waals surface area contributed by atoms with Crippen molar-refractivity contribution in [3.63, 3.8) is 0 Å². The summed E-state index contributed by atoms with van der Waals surface area (Å²) < 4.78 is 0. The summed E-state index contributed by atoms with van der Waals surface area (Å²) in [4.78, 5) is 14.2. The van der Waals surface area contributed by atoms with Crippen molar-refractivity contribution in [1.29, 1.82) is 0 Å². The fourth-order valence-corrected chi connectivity index (χ4v) is 9.94. The van der Waals surface area contributed by atoms with Gasteiger partial charge in [-0.15, -0.1) is 0 Å². The summed E-state index contributed by atoms with van der Waals surface area (Å²) in [7, 11) is 13.1. The zero-order valence-electron chi connectivity index (χ0n) is 52.7. The lowest BCUT2D eigenvalue weighted by molar-refractivity contribution is 0.163. The molecule has 0 saturated carbocycles. The summed E-state index contributed by atoms with van der Waals surface area (Å²) in [6, 6.07) is 4.03. The molecule has 0 aromatic heterocycles. The Hall–Kier alpha value is -3.00. The lowest BCUT2D eigenvalue weighted by atomic mass is 10.0. The van der Waals surface area contributed by atoms with Crippen molar-refractivity contribution in [2.75, 3.05) is 121 Å². The highest BCUT2D eigenvalue weighted by atomic mass is 15.2. The summed E-state index contributed by atoms with van der Waals surface area (Å²) in [6.07, 6.45) is 11.3. The van der Waals surface area contributed by atoms with Crippen molar-refractivity contribution in [3.8, 4) is 0 Å². The number of allylic oxidation sites excluding steroid dienone is 6. The number of likely N-dealkylation sites (N-methyl/N-ethyl adjacent to an activating group) is 3. The standard InChI is InChI=1S/C12H24N2.2C11H22N2.2C10H20N2.C9H18N2/c1-10(2)11(3)14(5)12-6-8-13(4)9-7-12;1-9(2)10(3)13(5)11-6-7-12(4)8-11;1-9(2)10(3)13(4)11-5-7-12-8-6-11;1-8(2)9(3)12(4)10-5-6-11-7-10;1-8(2)9(3)12-10-4-6-11-7-5-10;1-7(2)8(3)11-9-4-5-10-6-9/h10,12H,3,6-9H2,1-2,4-5H3;9,11H,3,6-8H2,1-2,4-5H3;9,11-12H,3,5-8H2,1-2,4H3;8,10-11H,3,5-7H2,1-2,4H3;8,10-12H,3-7H2,1-2H3;7,9-11H,3-6H2,1-2H3. The Kier molecular flexibility index (Phi) is 35.2. The first-order chi connectivity index (χ1) is 35.2. The van der Waals surface area contributed by atoms with Gasteiger partial charge in [0, 0.05) is 118 Å². The second-order valence-corrected chi connectivity index (χ2v) is 24.8. The first kappa shape index (κ1) is 70.0. The molecule has 3 atom stereocenters. The molecular formula is C63H126N12. The first-order valence-electron chi connectivity index (χ1n) is 30.0. The van der Waals surface area contributed by atoms with Crippen LogP contribution in [-0.2, 0) is 0 Å². The molecule has 12 nitrogen and oxygen atoms in total. The lowest BCUT2D eigenvalue weighted by Crippen LogP contribution is -2.41. The van der Waals surface area contributed by atoms with E-state index in [1.165, 1.54) is 118 Å². The minimum Gasteiger partial charge on any atom is -0.386 e. The Bertz CT molecular complexity index is 1560. The zero-order chi connectivity index (χ0) is 56.9. The Morgan fingerprint density at radius 1 is 0.373 bits per heavy atom. The maximum Gasteiger partial charge on any atom is 0.0422 e. The molecular weight excluding hydrogens is 925 g/mol. The van der Waals surface area contributed by atoms with Gasteiger partial charge < -0.3 is 61.3 Å².